The first-order chi connectivity index (χ1) is 20.1. The predicted molar refractivity (Wildman–Crippen MR) is 169 cm³/mol. The lowest BCUT2D eigenvalue weighted by molar-refractivity contribution is -0.121. The lowest BCUT2D eigenvalue weighted by Gasteiger charge is -2.40. The Labute approximate surface area is 250 Å². The number of hydrogen-bond donors (Lipinski definition) is 3. The van der Waals surface area contributed by atoms with Crippen molar-refractivity contribution in [2.45, 2.75) is 25.9 Å². The number of benzene rings is 4. The zero-order valence-corrected chi connectivity index (χ0v) is 24.9. The number of fused-ring (bicyclic) bond motifs is 1. The zero-order valence-electron chi connectivity index (χ0n) is 24.2. The second kappa shape index (κ2) is 11.7. The third kappa shape index (κ3) is 5.45. The monoisotopic (exact) mass is 584 g/mol. The Morgan fingerprint density at radius 3 is 2.36 bits per heavy atom. The van der Waals surface area contributed by atoms with E-state index in [9.17, 15) is 9.59 Å². The van der Waals surface area contributed by atoms with Crippen molar-refractivity contribution in [2.24, 2.45) is 0 Å². The summed E-state index contributed by atoms with van der Waals surface area (Å²) >= 11 is 6.22. The molecular formula is C33H33ClN4O4. The standard InChI is InChI=1S/C33H33ClN4O4/c1-33(2)32(40)38(3)30-24(19-35-26-12-8-9-13-28(26)41-4)21(16-17-27(30)37-33)22-15-14-20(18-29(22)42-5)36-31(39)23-10-6-7-11-25(23)34/h6-18,35,37H,19H2,1-5H3,(H,36,39). The average Bonchev–Trinajstić information content (AvgIpc) is 2.98. The summed E-state index contributed by atoms with van der Waals surface area (Å²) in [5.41, 5.74) is 5.21. The molecule has 9 heteroatoms. The van der Waals surface area contributed by atoms with Crippen molar-refractivity contribution < 1.29 is 19.1 Å². The van der Waals surface area contributed by atoms with E-state index in [2.05, 4.69) is 16.0 Å². The highest BCUT2D eigenvalue weighted by atomic mass is 35.5. The fourth-order valence-electron chi connectivity index (χ4n) is 5.27. The molecule has 0 fully saturated rings. The number of carbonyl (C=O) groups is 2. The van der Waals surface area contributed by atoms with Crippen LogP contribution in [0.4, 0.5) is 22.7 Å². The van der Waals surface area contributed by atoms with Crippen LogP contribution >= 0.6 is 11.6 Å². The molecule has 4 aromatic rings. The number of nitrogens with one attached hydrogen (secondary N) is 3. The maximum atomic E-state index is 13.3. The third-order valence-electron chi connectivity index (χ3n) is 7.34. The van der Waals surface area contributed by atoms with Crippen LogP contribution in [0.5, 0.6) is 11.5 Å². The quantitative estimate of drug-likeness (QED) is 0.205. The first-order valence-electron chi connectivity index (χ1n) is 13.5. The van der Waals surface area contributed by atoms with Crippen molar-refractivity contribution in [2.75, 3.05) is 42.1 Å². The SMILES string of the molecule is COc1ccccc1NCc1c(-c2ccc(NC(=O)c3ccccc3Cl)cc2OC)ccc2c1N(C)C(=O)C(C)(C)N2. The summed E-state index contributed by atoms with van der Waals surface area (Å²) in [6, 6.07) is 24.1. The van der Waals surface area contributed by atoms with Crippen molar-refractivity contribution in [3.05, 3.63) is 95.0 Å². The molecule has 3 N–H and O–H groups in total. The maximum absolute atomic E-state index is 13.3. The maximum Gasteiger partial charge on any atom is 0.257 e. The van der Waals surface area contributed by atoms with Gasteiger partial charge < -0.3 is 30.3 Å². The molecule has 1 aliphatic rings. The van der Waals surface area contributed by atoms with Crippen molar-refractivity contribution in [3.8, 4) is 22.6 Å². The minimum Gasteiger partial charge on any atom is -0.496 e. The molecular weight excluding hydrogens is 552 g/mol. The molecule has 0 aliphatic carbocycles. The summed E-state index contributed by atoms with van der Waals surface area (Å²) in [6.07, 6.45) is 0. The van der Waals surface area contributed by atoms with Crippen LogP contribution in [0.15, 0.2) is 78.9 Å². The molecule has 0 bridgehead atoms. The van der Waals surface area contributed by atoms with Gasteiger partial charge in [-0.2, -0.15) is 0 Å². The number of rotatable bonds is 8. The van der Waals surface area contributed by atoms with E-state index < -0.39 is 5.54 Å². The number of amides is 2. The lowest BCUT2D eigenvalue weighted by Crippen LogP contribution is -2.52. The number of nitrogens with zero attached hydrogens (tertiary/aromatic N) is 1. The zero-order chi connectivity index (χ0) is 30.0. The summed E-state index contributed by atoms with van der Waals surface area (Å²) in [5, 5.41) is 10.2. The van der Waals surface area contributed by atoms with E-state index in [0.29, 0.717) is 34.3 Å². The van der Waals surface area contributed by atoms with Crippen molar-refractivity contribution in [1.82, 2.24) is 0 Å². The lowest BCUT2D eigenvalue weighted by atomic mass is 9.91. The van der Waals surface area contributed by atoms with Crippen LogP contribution in [0.1, 0.15) is 29.8 Å². The number of hydrogen-bond acceptors (Lipinski definition) is 6. The van der Waals surface area contributed by atoms with E-state index in [1.165, 1.54) is 0 Å². The van der Waals surface area contributed by atoms with Crippen LogP contribution < -0.4 is 30.3 Å². The number of para-hydroxylation sites is 2. The summed E-state index contributed by atoms with van der Waals surface area (Å²) in [5.74, 6) is 0.905. The number of ether oxygens (including phenoxy) is 2. The summed E-state index contributed by atoms with van der Waals surface area (Å²) in [4.78, 5) is 27.9. The molecule has 5 rings (SSSR count). The van der Waals surface area contributed by atoms with Gasteiger partial charge in [-0.05, 0) is 61.9 Å². The Bertz CT molecular complexity index is 1670. The van der Waals surface area contributed by atoms with E-state index in [-0.39, 0.29) is 11.8 Å². The minimum absolute atomic E-state index is 0.0460. The highest BCUT2D eigenvalue weighted by Gasteiger charge is 2.38. The molecule has 0 aromatic heterocycles. The van der Waals surface area contributed by atoms with Gasteiger partial charge in [0.1, 0.15) is 17.0 Å². The fourth-order valence-corrected chi connectivity index (χ4v) is 5.49. The van der Waals surface area contributed by atoms with Gasteiger partial charge in [-0.15, -0.1) is 0 Å². The Morgan fingerprint density at radius 2 is 1.62 bits per heavy atom. The fraction of sp³-hybridized carbons (Fsp3) is 0.212. The number of halogens is 1. The van der Waals surface area contributed by atoms with E-state index in [1.54, 1.807) is 56.5 Å². The van der Waals surface area contributed by atoms with Gasteiger partial charge in [0.2, 0.25) is 0 Å². The molecule has 0 radical (unpaired) electrons. The van der Waals surface area contributed by atoms with Gasteiger partial charge in [0.25, 0.3) is 11.8 Å². The largest absolute Gasteiger partial charge is 0.496 e. The molecule has 0 atom stereocenters. The van der Waals surface area contributed by atoms with Crippen LogP contribution in [-0.4, -0.2) is 38.6 Å². The van der Waals surface area contributed by atoms with E-state index in [1.807, 2.05) is 62.4 Å². The number of carbonyl (C=O) groups excluding carboxylic acids is 2. The van der Waals surface area contributed by atoms with Gasteiger partial charge in [0.15, 0.2) is 0 Å². The highest BCUT2D eigenvalue weighted by molar-refractivity contribution is 6.34. The summed E-state index contributed by atoms with van der Waals surface area (Å²) in [6.45, 7) is 4.13. The molecule has 0 unspecified atom stereocenters. The second-order valence-electron chi connectivity index (χ2n) is 10.5. The highest BCUT2D eigenvalue weighted by Crippen LogP contribution is 2.45. The predicted octanol–water partition coefficient (Wildman–Crippen LogP) is 7.06. The average molecular weight is 585 g/mol. The second-order valence-corrected chi connectivity index (χ2v) is 10.9. The Hall–Kier alpha value is -4.69. The van der Waals surface area contributed by atoms with Crippen molar-refractivity contribution >= 4 is 46.2 Å². The van der Waals surface area contributed by atoms with Gasteiger partial charge in [-0.25, -0.2) is 0 Å². The minimum atomic E-state index is -0.754. The van der Waals surface area contributed by atoms with Crippen LogP contribution in [0.25, 0.3) is 11.1 Å². The molecule has 1 heterocycles. The van der Waals surface area contributed by atoms with Crippen LogP contribution in [0.2, 0.25) is 5.02 Å². The Balaban J connectivity index is 1.57. The normalized spacial score (nSPS) is 13.6. The smallest absolute Gasteiger partial charge is 0.257 e. The van der Waals surface area contributed by atoms with Crippen molar-refractivity contribution in [1.29, 1.82) is 0 Å². The summed E-state index contributed by atoms with van der Waals surface area (Å²) in [7, 11) is 5.01. The van der Waals surface area contributed by atoms with Crippen LogP contribution in [-0.2, 0) is 11.3 Å². The molecule has 0 saturated heterocycles. The van der Waals surface area contributed by atoms with Gasteiger partial charge in [-0.3, -0.25) is 9.59 Å². The molecule has 1 aliphatic heterocycles. The van der Waals surface area contributed by atoms with Gasteiger partial charge >= 0.3 is 0 Å². The van der Waals surface area contributed by atoms with Crippen molar-refractivity contribution in [3.63, 3.8) is 0 Å². The van der Waals surface area contributed by atoms with Crippen LogP contribution in [0.3, 0.4) is 0 Å². The van der Waals surface area contributed by atoms with Gasteiger partial charge in [0.05, 0.1) is 41.9 Å². The van der Waals surface area contributed by atoms with Gasteiger partial charge in [-0.1, -0.05) is 41.9 Å². The molecule has 2 amide bonds. The first-order valence-corrected chi connectivity index (χ1v) is 13.9. The number of likely N-dealkylation sites (N-methyl/N-ethyl adjacent to an activating group) is 1. The first kappa shape index (κ1) is 28.8. The topological polar surface area (TPSA) is 91.9 Å². The van der Waals surface area contributed by atoms with Gasteiger partial charge in [0, 0.05) is 36.5 Å². The molecule has 0 spiro atoms. The van der Waals surface area contributed by atoms with Crippen LogP contribution in [0, 0.1) is 0 Å². The van der Waals surface area contributed by atoms with E-state index in [4.69, 9.17) is 21.1 Å². The van der Waals surface area contributed by atoms with E-state index >= 15 is 0 Å². The molecule has 216 valence electrons. The Kier molecular flexibility index (Phi) is 8.00. The van der Waals surface area contributed by atoms with E-state index in [0.717, 1.165) is 33.8 Å². The Morgan fingerprint density at radius 1 is 0.929 bits per heavy atom. The third-order valence-corrected chi connectivity index (χ3v) is 7.66. The molecule has 4 aromatic carbocycles. The number of methoxy groups -OCH3 is 2. The molecule has 0 saturated carbocycles. The summed E-state index contributed by atoms with van der Waals surface area (Å²) < 4.78 is 11.4. The molecule has 8 nitrogen and oxygen atoms in total. The molecule has 42 heavy (non-hydrogen) atoms. The number of anilines is 4.